The Morgan fingerprint density at radius 2 is 1.62 bits per heavy atom. The highest BCUT2D eigenvalue weighted by molar-refractivity contribution is 7.88. The number of amides is 1. The van der Waals surface area contributed by atoms with E-state index in [1.807, 2.05) is 61.2 Å². The molecule has 34 heavy (non-hydrogen) atoms. The highest BCUT2D eigenvalue weighted by Crippen LogP contribution is 2.22. The van der Waals surface area contributed by atoms with E-state index in [9.17, 15) is 13.2 Å². The van der Waals surface area contributed by atoms with Crippen molar-refractivity contribution in [2.75, 3.05) is 50.8 Å². The molecule has 0 unspecified atom stereocenters. The summed E-state index contributed by atoms with van der Waals surface area (Å²) in [5, 5.41) is 0. The molecule has 0 atom stereocenters. The SMILES string of the molecule is CC(C)CN(Cc1ccc(N2CCN(C(=O)C3COC3)CC2)cc1)S(=O)(=O)Cc1ccccc1. The number of carbonyl (C=O) groups is 1. The maximum atomic E-state index is 13.2. The Morgan fingerprint density at radius 3 is 2.18 bits per heavy atom. The van der Waals surface area contributed by atoms with Crippen molar-refractivity contribution >= 4 is 21.6 Å². The van der Waals surface area contributed by atoms with Crippen LogP contribution in [0.25, 0.3) is 0 Å². The molecule has 2 heterocycles. The molecule has 0 aromatic heterocycles. The Balaban J connectivity index is 1.37. The second kappa shape index (κ2) is 10.9. The van der Waals surface area contributed by atoms with Crippen LogP contribution in [0.3, 0.4) is 0 Å². The zero-order valence-corrected chi connectivity index (χ0v) is 20.9. The molecule has 0 saturated carbocycles. The molecule has 0 bridgehead atoms. The summed E-state index contributed by atoms with van der Waals surface area (Å²) in [5.41, 5.74) is 2.87. The topological polar surface area (TPSA) is 70.2 Å². The lowest BCUT2D eigenvalue weighted by atomic mass is 10.1. The lowest BCUT2D eigenvalue weighted by Gasteiger charge is -2.39. The molecule has 0 radical (unpaired) electrons. The van der Waals surface area contributed by atoms with Gasteiger partial charge >= 0.3 is 0 Å². The summed E-state index contributed by atoms with van der Waals surface area (Å²) in [6.07, 6.45) is 0. The highest BCUT2D eigenvalue weighted by atomic mass is 32.2. The van der Waals surface area contributed by atoms with Gasteiger partial charge in [-0.15, -0.1) is 0 Å². The van der Waals surface area contributed by atoms with Gasteiger partial charge in [0.1, 0.15) is 0 Å². The molecule has 2 aromatic rings. The lowest BCUT2D eigenvalue weighted by molar-refractivity contribution is -0.150. The van der Waals surface area contributed by atoms with Gasteiger partial charge in [-0.25, -0.2) is 8.42 Å². The van der Waals surface area contributed by atoms with E-state index in [4.69, 9.17) is 4.74 Å². The maximum absolute atomic E-state index is 13.2. The third kappa shape index (κ3) is 6.17. The lowest BCUT2D eigenvalue weighted by Crippen LogP contribution is -2.53. The van der Waals surface area contributed by atoms with E-state index < -0.39 is 10.0 Å². The second-order valence-electron chi connectivity index (χ2n) is 9.64. The van der Waals surface area contributed by atoms with Crippen molar-refractivity contribution in [2.24, 2.45) is 11.8 Å². The molecular weight excluding hydrogens is 450 g/mol. The Morgan fingerprint density at radius 1 is 0.971 bits per heavy atom. The summed E-state index contributed by atoms with van der Waals surface area (Å²) in [5.74, 6) is 0.491. The zero-order chi connectivity index (χ0) is 24.1. The number of sulfonamides is 1. The molecule has 0 aliphatic carbocycles. The third-order valence-corrected chi connectivity index (χ3v) is 8.16. The van der Waals surface area contributed by atoms with E-state index in [1.54, 1.807) is 4.31 Å². The molecule has 8 heteroatoms. The molecule has 4 rings (SSSR count). The van der Waals surface area contributed by atoms with Gasteiger partial charge in [0, 0.05) is 45.0 Å². The first-order valence-corrected chi connectivity index (χ1v) is 13.6. The van der Waals surface area contributed by atoms with E-state index in [-0.39, 0.29) is 23.5 Å². The quantitative estimate of drug-likeness (QED) is 0.546. The van der Waals surface area contributed by atoms with Crippen molar-refractivity contribution in [1.29, 1.82) is 0 Å². The minimum Gasteiger partial charge on any atom is -0.380 e. The van der Waals surface area contributed by atoms with Gasteiger partial charge in [-0.3, -0.25) is 4.79 Å². The molecule has 184 valence electrons. The number of ether oxygens (including phenoxy) is 1. The Kier molecular flexibility index (Phi) is 7.91. The third-order valence-electron chi connectivity index (χ3n) is 6.39. The largest absolute Gasteiger partial charge is 0.380 e. The van der Waals surface area contributed by atoms with Crippen LogP contribution >= 0.6 is 0 Å². The molecule has 7 nitrogen and oxygen atoms in total. The molecule has 2 aliphatic heterocycles. The summed E-state index contributed by atoms with van der Waals surface area (Å²) >= 11 is 0. The number of benzene rings is 2. The van der Waals surface area contributed by atoms with Gasteiger partial charge in [-0.2, -0.15) is 4.31 Å². The minimum absolute atomic E-state index is 0.00856. The van der Waals surface area contributed by atoms with E-state index in [1.165, 1.54) is 0 Å². The predicted molar refractivity (Wildman–Crippen MR) is 134 cm³/mol. The van der Waals surface area contributed by atoms with Crippen molar-refractivity contribution in [2.45, 2.75) is 26.1 Å². The fourth-order valence-corrected chi connectivity index (χ4v) is 6.06. The molecule has 0 N–H and O–H groups in total. The van der Waals surface area contributed by atoms with Gasteiger partial charge in [0.2, 0.25) is 15.9 Å². The van der Waals surface area contributed by atoms with Gasteiger partial charge in [-0.05, 0) is 29.2 Å². The van der Waals surface area contributed by atoms with Crippen LogP contribution in [0.15, 0.2) is 54.6 Å². The summed E-state index contributed by atoms with van der Waals surface area (Å²) < 4.78 is 33.1. The average molecular weight is 486 g/mol. The van der Waals surface area contributed by atoms with E-state index in [0.29, 0.717) is 26.3 Å². The van der Waals surface area contributed by atoms with Crippen molar-refractivity contribution in [1.82, 2.24) is 9.21 Å². The Hall–Kier alpha value is -2.42. The molecule has 1 amide bonds. The molecule has 2 fully saturated rings. The van der Waals surface area contributed by atoms with Crippen LogP contribution in [-0.4, -0.2) is 69.5 Å². The van der Waals surface area contributed by atoms with Gasteiger partial charge in [0.15, 0.2) is 0 Å². The number of hydrogen-bond acceptors (Lipinski definition) is 5. The fourth-order valence-electron chi connectivity index (χ4n) is 4.40. The Labute approximate surface area is 203 Å². The molecule has 2 aliphatic rings. The molecule has 2 saturated heterocycles. The van der Waals surface area contributed by atoms with Gasteiger partial charge in [0.25, 0.3) is 0 Å². The van der Waals surface area contributed by atoms with Crippen molar-refractivity contribution in [3.8, 4) is 0 Å². The van der Waals surface area contributed by atoms with Crippen LogP contribution in [0.5, 0.6) is 0 Å². The fraction of sp³-hybridized carbons (Fsp3) is 0.500. The van der Waals surface area contributed by atoms with Crippen LogP contribution in [0.2, 0.25) is 0 Å². The van der Waals surface area contributed by atoms with E-state index >= 15 is 0 Å². The van der Waals surface area contributed by atoms with Crippen LogP contribution < -0.4 is 4.90 Å². The summed E-state index contributed by atoms with van der Waals surface area (Å²) in [4.78, 5) is 16.6. The highest BCUT2D eigenvalue weighted by Gasteiger charge is 2.32. The van der Waals surface area contributed by atoms with Crippen molar-refractivity contribution < 1.29 is 17.9 Å². The first-order valence-electron chi connectivity index (χ1n) is 12.0. The van der Waals surface area contributed by atoms with E-state index in [0.717, 1.165) is 43.0 Å². The molecule has 0 spiro atoms. The summed E-state index contributed by atoms with van der Waals surface area (Å²) in [6.45, 7) is 9.05. The van der Waals surface area contributed by atoms with Crippen LogP contribution in [0.4, 0.5) is 5.69 Å². The number of hydrogen-bond donors (Lipinski definition) is 0. The van der Waals surface area contributed by atoms with Crippen LogP contribution in [0, 0.1) is 11.8 Å². The second-order valence-corrected chi connectivity index (χ2v) is 11.6. The number of nitrogens with zero attached hydrogens (tertiary/aromatic N) is 3. The molecular formula is C26H35N3O4S. The number of anilines is 1. The van der Waals surface area contributed by atoms with Crippen molar-refractivity contribution in [3.63, 3.8) is 0 Å². The van der Waals surface area contributed by atoms with Crippen LogP contribution in [0.1, 0.15) is 25.0 Å². The first kappa shape index (κ1) is 24.7. The van der Waals surface area contributed by atoms with Gasteiger partial charge in [-0.1, -0.05) is 56.3 Å². The number of rotatable bonds is 9. The summed E-state index contributed by atoms with van der Waals surface area (Å²) in [6, 6.07) is 17.5. The van der Waals surface area contributed by atoms with Gasteiger partial charge < -0.3 is 14.5 Å². The predicted octanol–water partition coefficient (Wildman–Crippen LogP) is 2.97. The van der Waals surface area contributed by atoms with Gasteiger partial charge in [0.05, 0.1) is 24.9 Å². The van der Waals surface area contributed by atoms with E-state index in [2.05, 4.69) is 17.0 Å². The smallest absolute Gasteiger partial charge is 0.230 e. The maximum Gasteiger partial charge on any atom is 0.230 e. The number of piperazine rings is 1. The standard InChI is InChI=1S/C26H35N3O4S/c1-21(2)16-29(34(31,32)20-23-6-4-3-5-7-23)17-22-8-10-25(11-9-22)27-12-14-28(15-13-27)26(30)24-18-33-19-24/h3-11,21,24H,12-20H2,1-2H3. The monoisotopic (exact) mass is 485 g/mol. The number of carbonyl (C=O) groups excluding carboxylic acids is 1. The zero-order valence-electron chi connectivity index (χ0n) is 20.1. The minimum atomic E-state index is -3.44. The Bertz CT molecular complexity index is 1050. The average Bonchev–Trinajstić information content (AvgIpc) is 2.78. The molecule has 2 aromatic carbocycles. The normalized spacial score (nSPS) is 17.3. The summed E-state index contributed by atoms with van der Waals surface area (Å²) in [7, 11) is -3.44. The van der Waals surface area contributed by atoms with Crippen molar-refractivity contribution in [3.05, 3.63) is 65.7 Å². The van der Waals surface area contributed by atoms with Crippen LogP contribution in [-0.2, 0) is 31.9 Å². The first-order chi connectivity index (χ1) is 16.3.